The summed E-state index contributed by atoms with van der Waals surface area (Å²) >= 11 is 0. The van der Waals surface area contributed by atoms with Crippen molar-refractivity contribution in [2.45, 2.75) is 277 Å². The van der Waals surface area contributed by atoms with Gasteiger partial charge in [0.15, 0.2) is 0 Å². The maximum Gasteiger partial charge on any atom is 0.146 e. The van der Waals surface area contributed by atoms with E-state index in [0.29, 0.717) is 58.3 Å². The summed E-state index contributed by atoms with van der Waals surface area (Å²) in [6, 6.07) is 28.9. The van der Waals surface area contributed by atoms with Crippen LogP contribution in [0.5, 0.6) is 34.5 Å². The molecule has 0 fully saturated rings. The summed E-state index contributed by atoms with van der Waals surface area (Å²) in [5, 5.41) is 0. The van der Waals surface area contributed by atoms with Gasteiger partial charge in [-0.05, 0) is 174 Å². The number of ether oxygens (including phenoxy) is 6. The van der Waals surface area contributed by atoms with Crippen LogP contribution in [-0.4, -0.2) is 48.5 Å². The number of nitrogens with zero attached hydrogens (tertiary/aromatic N) is 6. The molecule has 0 spiro atoms. The number of fused-ring (bicyclic) bond motifs is 12. The van der Waals surface area contributed by atoms with Gasteiger partial charge >= 0.3 is 0 Å². The number of hydrogen-bond acceptors (Lipinski definition) is 9. The lowest BCUT2D eigenvalue weighted by molar-refractivity contribution is 0.283. The molecular weight excluding hydrogens is 1260 g/mol. The Labute approximate surface area is 612 Å². The predicted octanol–water partition coefficient (Wildman–Crippen LogP) is 20.9. The Morgan fingerprint density at radius 3 is 0.549 bits per heavy atom. The molecule has 1 aliphatic carbocycles. The molecular formula is C90H120N6O6. The van der Waals surface area contributed by atoms with Gasteiger partial charge in [-0.3, -0.25) is 0 Å². The lowest BCUT2D eigenvalue weighted by Crippen LogP contribution is -2.18. The van der Waals surface area contributed by atoms with Gasteiger partial charge in [0.25, 0.3) is 0 Å². The fourth-order valence-electron chi connectivity index (χ4n) is 14.2. The van der Waals surface area contributed by atoms with Crippen LogP contribution in [0.15, 0.2) is 110 Å². The summed E-state index contributed by atoms with van der Waals surface area (Å²) in [6.45, 7) is 59.2. The summed E-state index contributed by atoms with van der Waals surface area (Å²) in [5.74, 6) is 7.77. The molecule has 6 aromatic carbocycles. The topological polar surface area (TPSA) is 109 Å². The van der Waals surface area contributed by atoms with Crippen LogP contribution in [0.4, 0.5) is 0 Å². The van der Waals surface area contributed by atoms with Crippen LogP contribution >= 0.6 is 0 Å². The van der Waals surface area contributed by atoms with Crippen LogP contribution in [0, 0.1) is 0 Å². The molecule has 0 N–H and O–H groups in total. The van der Waals surface area contributed by atoms with E-state index in [1.807, 2.05) is 37.2 Å². The molecule has 1 aliphatic rings. The fraction of sp³-hybridized carbons (Fsp3) is 0.500. The Hall–Kier alpha value is -8.25. The smallest absolute Gasteiger partial charge is 0.146 e. The minimum Gasteiger partial charge on any atom is -0.493 e. The van der Waals surface area contributed by atoms with Gasteiger partial charge in [-0.25, -0.2) is 15.0 Å². The Balaban J connectivity index is 1.37. The van der Waals surface area contributed by atoms with Crippen LogP contribution in [0.2, 0.25) is 0 Å². The van der Waals surface area contributed by atoms with Gasteiger partial charge in [0.05, 0.1) is 19.8 Å². The molecule has 0 unspecified atom stereocenters. The first-order valence-electron chi connectivity index (χ1n) is 37.8. The van der Waals surface area contributed by atoms with E-state index in [1.54, 1.807) is 0 Å². The molecule has 0 amide bonds. The SMILES string of the molecule is CCOc1c2cc(C(C)(C)C)cc1Cc1cc(C(C)(C)C)cc(c1OCc1nccn1CC)Cc1cc(C(C)(C)C)cc(c1OCC)Cc1cc(C(C)(C)C)cc(c1OCc1nccn1CC)Cc1cc(C(C)(C)C)cc(c1OCC)Cc1cc(C(C)(C)C)cc(c1OCc1nccn1CC)C2. The zero-order valence-corrected chi connectivity index (χ0v) is 66.6. The molecule has 12 nitrogen and oxygen atoms in total. The van der Waals surface area contributed by atoms with Gasteiger partial charge in [0.2, 0.25) is 0 Å². The van der Waals surface area contributed by atoms with E-state index >= 15 is 0 Å². The molecule has 0 saturated carbocycles. The van der Waals surface area contributed by atoms with E-state index in [2.05, 4.69) is 253 Å². The molecule has 0 aliphatic heterocycles. The molecule has 0 atom stereocenters. The van der Waals surface area contributed by atoms with Gasteiger partial charge in [-0.1, -0.05) is 197 Å². The first-order valence-corrected chi connectivity index (χ1v) is 37.8. The second kappa shape index (κ2) is 30.6. The highest BCUT2D eigenvalue weighted by Crippen LogP contribution is 2.47. The van der Waals surface area contributed by atoms with Gasteiger partial charge in [-0.2, -0.15) is 0 Å². The molecule has 0 radical (unpaired) electrons. The van der Waals surface area contributed by atoms with Crippen molar-refractivity contribution in [1.29, 1.82) is 0 Å². The first-order chi connectivity index (χ1) is 48.0. The van der Waals surface area contributed by atoms with E-state index in [9.17, 15) is 0 Å². The summed E-state index contributed by atoms with van der Waals surface area (Å²) in [7, 11) is 0. The first kappa shape index (κ1) is 76.4. The van der Waals surface area contributed by atoms with Crippen molar-refractivity contribution in [3.63, 3.8) is 0 Å². The summed E-state index contributed by atoms with van der Waals surface area (Å²) in [5.41, 5.74) is 18.9. The second-order valence-corrected chi connectivity index (χ2v) is 34.4. The molecule has 12 heteroatoms. The number of imidazole rings is 3. The Kier molecular flexibility index (Phi) is 22.9. The van der Waals surface area contributed by atoms with Crippen LogP contribution in [0.3, 0.4) is 0 Å². The van der Waals surface area contributed by atoms with Gasteiger partial charge in [0, 0.05) is 95.3 Å². The quantitative estimate of drug-likeness (QED) is 0.0830. The maximum atomic E-state index is 7.50. The Morgan fingerprint density at radius 2 is 0.412 bits per heavy atom. The van der Waals surface area contributed by atoms with E-state index in [4.69, 9.17) is 43.4 Å². The van der Waals surface area contributed by atoms with Gasteiger partial charge < -0.3 is 42.1 Å². The second-order valence-electron chi connectivity index (χ2n) is 34.4. The van der Waals surface area contributed by atoms with Gasteiger partial charge in [-0.15, -0.1) is 0 Å². The van der Waals surface area contributed by atoms with Crippen LogP contribution in [-0.2, 0) is 110 Å². The third kappa shape index (κ3) is 17.5. The molecule has 12 bridgehead atoms. The summed E-state index contributed by atoms with van der Waals surface area (Å²) < 4.78 is 50.6. The standard InChI is InChI=1S/C90H120N6O6/c1-25-94-34-31-91-76(94)55-100-82-64-37-58-43-70(85(7,8)9)45-60(79(58)97-28-4)39-66-51-74(89(19,20)21)53-68(83(66)101-56-77-92-32-35-95(77)26-2)41-62-47-72(87(13,14)15)48-63(81(62)99-30-6)42-69-54-75(90(22,23)24)52-67(84(69)102-57-78-93-33-36-96(78)27-3)40-61-46-71(86(10,11)12)44-59(80(61)98-29-5)38-65(82)50-73(49-64)88(16,17)18/h31-36,43-54H,25-30,37-42,55-57H2,1-24H3. The zero-order chi connectivity index (χ0) is 74.0. The van der Waals surface area contributed by atoms with Crippen molar-refractivity contribution < 1.29 is 28.4 Å². The number of aryl methyl sites for hydroxylation is 3. The maximum absolute atomic E-state index is 7.50. The third-order valence-electron chi connectivity index (χ3n) is 20.3. The lowest BCUT2D eigenvalue weighted by atomic mass is 9.79. The highest BCUT2D eigenvalue weighted by Gasteiger charge is 2.32. The lowest BCUT2D eigenvalue weighted by Gasteiger charge is -2.29. The summed E-state index contributed by atoms with van der Waals surface area (Å²) in [6.07, 6.45) is 15.0. The van der Waals surface area contributed by atoms with Crippen molar-refractivity contribution in [2.24, 2.45) is 0 Å². The van der Waals surface area contributed by atoms with Crippen molar-refractivity contribution in [3.05, 3.63) is 228 Å². The van der Waals surface area contributed by atoms with E-state index in [-0.39, 0.29) is 52.3 Å². The number of hydrogen-bond donors (Lipinski definition) is 0. The molecule has 3 aromatic heterocycles. The Morgan fingerprint density at radius 1 is 0.255 bits per heavy atom. The molecule has 3 heterocycles. The third-order valence-corrected chi connectivity index (χ3v) is 20.3. The Bertz CT molecular complexity index is 3830. The van der Waals surface area contributed by atoms with E-state index in [1.165, 1.54) is 33.4 Å². The van der Waals surface area contributed by atoms with Crippen LogP contribution < -0.4 is 28.4 Å². The number of aromatic nitrogens is 6. The molecule has 0 saturated heterocycles. The number of benzene rings is 6. The minimum absolute atomic E-state index is 0.238. The molecule has 546 valence electrons. The van der Waals surface area contributed by atoms with E-state index < -0.39 is 0 Å². The average Bonchev–Trinajstić information content (AvgIpc) is 1.13. The zero-order valence-electron chi connectivity index (χ0n) is 66.6. The largest absolute Gasteiger partial charge is 0.493 e. The summed E-state index contributed by atoms with van der Waals surface area (Å²) in [4.78, 5) is 14.7. The molecule has 9 aromatic rings. The van der Waals surface area contributed by atoms with Crippen molar-refractivity contribution in [3.8, 4) is 34.5 Å². The highest BCUT2D eigenvalue weighted by atomic mass is 16.5. The van der Waals surface area contributed by atoms with Crippen LogP contribution in [0.25, 0.3) is 0 Å². The normalized spacial score (nSPS) is 13.4. The van der Waals surface area contributed by atoms with Crippen LogP contribution in [0.1, 0.15) is 284 Å². The molecule has 102 heavy (non-hydrogen) atoms. The fourth-order valence-corrected chi connectivity index (χ4v) is 14.2. The predicted molar refractivity (Wildman–Crippen MR) is 418 cm³/mol. The average molecular weight is 1380 g/mol. The van der Waals surface area contributed by atoms with Crippen molar-refractivity contribution >= 4 is 0 Å². The van der Waals surface area contributed by atoms with Gasteiger partial charge in [0.1, 0.15) is 71.8 Å². The molecule has 10 rings (SSSR count). The monoisotopic (exact) mass is 1380 g/mol. The highest BCUT2D eigenvalue weighted by molar-refractivity contribution is 5.62. The number of rotatable bonds is 18. The van der Waals surface area contributed by atoms with Crippen molar-refractivity contribution in [1.82, 2.24) is 28.7 Å². The minimum atomic E-state index is -0.246. The van der Waals surface area contributed by atoms with Crippen molar-refractivity contribution in [2.75, 3.05) is 19.8 Å². The van der Waals surface area contributed by atoms with E-state index in [0.717, 1.165) is 138 Å².